The molecule has 0 fully saturated rings. The average Bonchev–Trinajstić information content (AvgIpc) is 3.10. The predicted octanol–water partition coefficient (Wildman–Crippen LogP) is 5.57. The monoisotopic (exact) mass is 436 g/mol. The van der Waals surface area contributed by atoms with Gasteiger partial charge in [-0.1, -0.05) is 23.4 Å². The van der Waals surface area contributed by atoms with Crippen LogP contribution in [0.25, 0.3) is 5.69 Å². The summed E-state index contributed by atoms with van der Waals surface area (Å²) in [7, 11) is 4.05. The Kier molecular flexibility index (Phi) is 7.40. The third-order valence-corrected chi connectivity index (χ3v) is 6.74. The molecular formula is C20H22ClFN4S2. The molecule has 4 nitrogen and oxygen atoms in total. The van der Waals surface area contributed by atoms with Crippen LogP contribution >= 0.6 is 35.1 Å². The van der Waals surface area contributed by atoms with Crippen LogP contribution in [0.4, 0.5) is 4.39 Å². The van der Waals surface area contributed by atoms with Gasteiger partial charge < -0.3 is 0 Å². The highest BCUT2D eigenvalue weighted by atomic mass is 35.5. The van der Waals surface area contributed by atoms with Gasteiger partial charge in [0.25, 0.3) is 0 Å². The molecule has 148 valence electrons. The molecule has 1 aromatic heterocycles. The van der Waals surface area contributed by atoms with Gasteiger partial charge in [-0.15, -0.1) is 22.0 Å². The molecule has 3 aromatic rings. The van der Waals surface area contributed by atoms with Crippen molar-refractivity contribution in [2.45, 2.75) is 23.0 Å². The number of hydrogen-bond donors (Lipinski definition) is 0. The van der Waals surface area contributed by atoms with E-state index in [2.05, 4.69) is 26.6 Å². The highest BCUT2D eigenvalue weighted by Gasteiger charge is 2.20. The molecular weight excluding hydrogens is 415 g/mol. The second-order valence-corrected chi connectivity index (χ2v) is 9.11. The van der Waals surface area contributed by atoms with Gasteiger partial charge in [0.1, 0.15) is 5.82 Å². The Hall–Kier alpha value is -1.54. The molecule has 1 heterocycles. The molecule has 1 atom stereocenters. The number of aromatic nitrogens is 3. The highest BCUT2D eigenvalue weighted by molar-refractivity contribution is 8.02. The molecule has 2 aromatic carbocycles. The lowest BCUT2D eigenvalue weighted by atomic mass is 10.2. The maximum Gasteiger partial charge on any atom is 0.195 e. The second-order valence-electron chi connectivity index (χ2n) is 6.44. The summed E-state index contributed by atoms with van der Waals surface area (Å²) in [6.07, 6.45) is 0. The topological polar surface area (TPSA) is 34.0 Å². The van der Waals surface area contributed by atoms with E-state index in [1.165, 1.54) is 12.1 Å². The fourth-order valence-corrected chi connectivity index (χ4v) is 4.50. The summed E-state index contributed by atoms with van der Waals surface area (Å²) >= 11 is 9.42. The van der Waals surface area contributed by atoms with Gasteiger partial charge in [0.05, 0.1) is 6.04 Å². The lowest BCUT2D eigenvalue weighted by Crippen LogP contribution is -2.20. The van der Waals surface area contributed by atoms with E-state index in [9.17, 15) is 4.39 Å². The molecule has 8 heteroatoms. The SMILES string of the molecule is C[C@H](c1nnc(SCCSc2ccc(F)cc2)n1-c1ccc(Cl)cc1)N(C)C. The van der Waals surface area contributed by atoms with E-state index >= 15 is 0 Å². The van der Waals surface area contributed by atoms with Gasteiger partial charge in [-0.25, -0.2) is 4.39 Å². The Morgan fingerprint density at radius 3 is 2.29 bits per heavy atom. The lowest BCUT2D eigenvalue weighted by molar-refractivity contribution is 0.305. The standard InChI is InChI=1S/C20H22ClFN4S2/c1-14(25(2)3)19-23-24-20(26(19)17-8-4-15(21)5-9-17)28-13-12-27-18-10-6-16(22)7-11-18/h4-11,14H,12-13H2,1-3H3/t14-/m1/s1. The maximum absolute atomic E-state index is 13.0. The fraction of sp³-hybridized carbons (Fsp3) is 0.300. The molecule has 0 aliphatic carbocycles. The Morgan fingerprint density at radius 2 is 1.64 bits per heavy atom. The molecule has 0 amide bonds. The van der Waals surface area contributed by atoms with Crippen LogP contribution in [0.2, 0.25) is 5.02 Å². The van der Waals surface area contributed by atoms with Crippen LogP contribution in [-0.2, 0) is 0 Å². The molecule has 0 spiro atoms. The van der Waals surface area contributed by atoms with Gasteiger partial charge in [-0.05, 0) is 69.6 Å². The molecule has 0 N–H and O–H groups in total. The summed E-state index contributed by atoms with van der Waals surface area (Å²) in [5, 5.41) is 10.4. The summed E-state index contributed by atoms with van der Waals surface area (Å²) in [5.74, 6) is 2.44. The van der Waals surface area contributed by atoms with Crippen molar-refractivity contribution in [2.24, 2.45) is 0 Å². The normalized spacial score (nSPS) is 12.5. The molecule has 0 saturated carbocycles. The van der Waals surface area contributed by atoms with E-state index in [1.807, 2.05) is 38.4 Å². The zero-order chi connectivity index (χ0) is 20.1. The number of benzene rings is 2. The molecule has 0 aliphatic rings. The summed E-state index contributed by atoms with van der Waals surface area (Å²) in [5.41, 5.74) is 0.992. The van der Waals surface area contributed by atoms with Crippen molar-refractivity contribution in [3.63, 3.8) is 0 Å². The van der Waals surface area contributed by atoms with Crippen molar-refractivity contribution in [1.82, 2.24) is 19.7 Å². The van der Waals surface area contributed by atoms with E-state index in [0.717, 1.165) is 33.1 Å². The first-order chi connectivity index (χ1) is 13.5. The zero-order valence-electron chi connectivity index (χ0n) is 16.0. The largest absolute Gasteiger partial charge is 0.300 e. The first-order valence-electron chi connectivity index (χ1n) is 8.84. The summed E-state index contributed by atoms with van der Waals surface area (Å²) in [6, 6.07) is 14.4. The van der Waals surface area contributed by atoms with Crippen molar-refractivity contribution < 1.29 is 4.39 Å². The Morgan fingerprint density at radius 1 is 1.00 bits per heavy atom. The Balaban J connectivity index is 1.74. The van der Waals surface area contributed by atoms with E-state index < -0.39 is 0 Å². The lowest BCUT2D eigenvalue weighted by Gasteiger charge is -2.20. The van der Waals surface area contributed by atoms with Crippen LogP contribution in [0.5, 0.6) is 0 Å². The minimum absolute atomic E-state index is 0.117. The summed E-state index contributed by atoms with van der Waals surface area (Å²) in [4.78, 5) is 3.16. The number of halogens is 2. The zero-order valence-corrected chi connectivity index (χ0v) is 18.4. The minimum atomic E-state index is -0.211. The predicted molar refractivity (Wildman–Crippen MR) is 116 cm³/mol. The summed E-state index contributed by atoms with van der Waals surface area (Å²) < 4.78 is 15.1. The first-order valence-corrected chi connectivity index (χ1v) is 11.2. The van der Waals surface area contributed by atoms with Crippen LogP contribution in [0, 0.1) is 5.82 Å². The maximum atomic E-state index is 13.0. The van der Waals surface area contributed by atoms with Gasteiger partial charge in [0.2, 0.25) is 0 Å². The van der Waals surface area contributed by atoms with Crippen molar-refractivity contribution in [3.8, 4) is 5.69 Å². The molecule has 0 aliphatic heterocycles. The smallest absolute Gasteiger partial charge is 0.195 e. The second kappa shape index (κ2) is 9.78. The molecule has 28 heavy (non-hydrogen) atoms. The van der Waals surface area contributed by atoms with Crippen LogP contribution < -0.4 is 0 Å². The highest BCUT2D eigenvalue weighted by Crippen LogP contribution is 2.28. The van der Waals surface area contributed by atoms with Gasteiger partial charge in [0.15, 0.2) is 11.0 Å². The first kappa shape index (κ1) is 21.2. The number of rotatable bonds is 8. The Bertz CT molecular complexity index is 898. The molecule has 0 saturated heterocycles. The molecule has 0 bridgehead atoms. The molecule has 3 rings (SSSR count). The number of thioether (sulfide) groups is 2. The molecule has 0 radical (unpaired) electrons. The van der Waals surface area contributed by atoms with E-state index in [1.54, 1.807) is 35.7 Å². The quantitative estimate of drug-likeness (QED) is 0.340. The fourth-order valence-electron chi connectivity index (χ4n) is 2.53. The van der Waals surface area contributed by atoms with Gasteiger partial charge in [-0.3, -0.25) is 9.47 Å². The van der Waals surface area contributed by atoms with E-state index in [-0.39, 0.29) is 11.9 Å². The minimum Gasteiger partial charge on any atom is -0.300 e. The number of nitrogens with zero attached hydrogens (tertiary/aromatic N) is 4. The number of hydrogen-bond acceptors (Lipinski definition) is 5. The Labute approximate surface area is 178 Å². The van der Waals surface area contributed by atoms with Crippen molar-refractivity contribution >= 4 is 35.1 Å². The average molecular weight is 437 g/mol. The van der Waals surface area contributed by atoms with Crippen molar-refractivity contribution in [3.05, 3.63) is 65.2 Å². The van der Waals surface area contributed by atoms with Crippen LogP contribution in [0.15, 0.2) is 58.6 Å². The van der Waals surface area contributed by atoms with Crippen LogP contribution in [0.1, 0.15) is 18.8 Å². The van der Waals surface area contributed by atoms with Gasteiger partial charge in [-0.2, -0.15) is 0 Å². The van der Waals surface area contributed by atoms with E-state index in [4.69, 9.17) is 11.6 Å². The van der Waals surface area contributed by atoms with Crippen LogP contribution in [-0.4, -0.2) is 45.3 Å². The summed E-state index contributed by atoms with van der Waals surface area (Å²) in [6.45, 7) is 2.11. The van der Waals surface area contributed by atoms with E-state index in [0.29, 0.717) is 5.02 Å². The van der Waals surface area contributed by atoms with Gasteiger partial charge in [0, 0.05) is 27.1 Å². The van der Waals surface area contributed by atoms with Crippen LogP contribution in [0.3, 0.4) is 0 Å². The third kappa shape index (κ3) is 5.29. The van der Waals surface area contributed by atoms with Crippen molar-refractivity contribution in [2.75, 3.05) is 25.6 Å². The van der Waals surface area contributed by atoms with Gasteiger partial charge >= 0.3 is 0 Å². The third-order valence-electron chi connectivity index (χ3n) is 4.29. The van der Waals surface area contributed by atoms with Crippen molar-refractivity contribution in [1.29, 1.82) is 0 Å². The molecule has 0 unspecified atom stereocenters.